The summed E-state index contributed by atoms with van der Waals surface area (Å²) in [6.45, 7) is 1.22. The number of pyridine rings is 1. The zero-order chi connectivity index (χ0) is 11.9. The van der Waals surface area contributed by atoms with Crippen molar-refractivity contribution in [2.75, 3.05) is 0 Å². The van der Waals surface area contributed by atoms with Gasteiger partial charge in [0, 0.05) is 6.92 Å². The van der Waals surface area contributed by atoms with E-state index in [9.17, 15) is 18.0 Å². The predicted molar refractivity (Wildman–Crippen MR) is 50.2 cm³/mol. The van der Waals surface area contributed by atoms with Crippen LogP contribution in [0.3, 0.4) is 0 Å². The summed E-state index contributed by atoms with van der Waals surface area (Å²) in [6.07, 6.45) is -3.48. The summed E-state index contributed by atoms with van der Waals surface area (Å²) in [5.41, 5.74) is 0.224. The van der Waals surface area contributed by atoms with E-state index in [1.54, 1.807) is 0 Å². The molecule has 0 N–H and O–H groups in total. The van der Waals surface area contributed by atoms with Crippen molar-refractivity contribution in [1.82, 2.24) is 9.38 Å². The number of hydrogen-bond acceptors (Lipinski definition) is 2. The molecule has 0 aromatic carbocycles. The van der Waals surface area contributed by atoms with Crippen LogP contribution in [-0.2, 0) is 6.18 Å². The number of Topliss-reactive ketones (excluding diaryl/α,β-unsaturated/α-hetero) is 1. The van der Waals surface area contributed by atoms with Crippen LogP contribution in [0.5, 0.6) is 0 Å². The Bertz CT molecular complexity index is 557. The molecule has 84 valence electrons. The smallest absolute Gasteiger partial charge is 0.293 e. The number of nitrogens with zero attached hydrogens (tertiary/aromatic N) is 2. The van der Waals surface area contributed by atoms with Gasteiger partial charge in [0.1, 0.15) is 0 Å². The molecule has 0 bridgehead atoms. The van der Waals surface area contributed by atoms with Gasteiger partial charge in [0.25, 0.3) is 0 Å². The second-order valence-electron chi connectivity index (χ2n) is 3.31. The molecule has 0 amide bonds. The monoisotopic (exact) mass is 228 g/mol. The third-order valence-electron chi connectivity index (χ3n) is 2.17. The largest absolute Gasteiger partial charge is 0.450 e. The highest BCUT2D eigenvalue weighted by Crippen LogP contribution is 2.29. The van der Waals surface area contributed by atoms with Crippen molar-refractivity contribution in [3.8, 4) is 0 Å². The number of rotatable bonds is 1. The van der Waals surface area contributed by atoms with Crippen LogP contribution in [0.15, 0.2) is 24.4 Å². The number of carbonyl (C=O) groups is 1. The van der Waals surface area contributed by atoms with E-state index in [0.29, 0.717) is 0 Å². The van der Waals surface area contributed by atoms with Crippen molar-refractivity contribution in [3.63, 3.8) is 0 Å². The lowest BCUT2D eigenvalue weighted by Crippen LogP contribution is -2.14. The van der Waals surface area contributed by atoms with Crippen molar-refractivity contribution >= 4 is 11.3 Å². The van der Waals surface area contributed by atoms with E-state index < -0.39 is 17.8 Å². The number of imidazole rings is 1. The van der Waals surface area contributed by atoms with Gasteiger partial charge in [-0.3, -0.25) is 9.20 Å². The van der Waals surface area contributed by atoms with E-state index in [1.165, 1.54) is 25.1 Å². The summed E-state index contributed by atoms with van der Waals surface area (Å²) < 4.78 is 38.6. The van der Waals surface area contributed by atoms with Gasteiger partial charge in [0.05, 0.1) is 17.4 Å². The molecule has 0 atom stereocenters. The quantitative estimate of drug-likeness (QED) is 0.703. The molecule has 2 aromatic heterocycles. The van der Waals surface area contributed by atoms with Crippen LogP contribution in [0, 0.1) is 0 Å². The maximum absolute atomic E-state index is 12.6. The molecule has 2 heterocycles. The van der Waals surface area contributed by atoms with Gasteiger partial charge in [0.2, 0.25) is 5.82 Å². The zero-order valence-electron chi connectivity index (χ0n) is 8.25. The number of ketones is 1. The predicted octanol–water partition coefficient (Wildman–Crippen LogP) is 2.56. The van der Waals surface area contributed by atoms with Gasteiger partial charge in [0.15, 0.2) is 5.78 Å². The Morgan fingerprint density at radius 1 is 1.38 bits per heavy atom. The highest BCUT2D eigenvalue weighted by atomic mass is 19.4. The third kappa shape index (κ3) is 1.56. The lowest BCUT2D eigenvalue weighted by atomic mass is 10.2. The van der Waals surface area contributed by atoms with Gasteiger partial charge >= 0.3 is 6.18 Å². The van der Waals surface area contributed by atoms with E-state index in [-0.39, 0.29) is 11.2 Å². The van der Waals surface area contributed by atoms with Crippen molar-refractivity contribution in [2.45, 2.75) is 13.1 Å². The van der Waals surface area contributed by atoms with Crippen LogP contribution in [0.1, 0.15) is 23.2 Å². The minimum absolute atomic E-state index is 0.0256. The second-order valence-corrected chi connectivity index (χ2v) is 3.31. The summed E-state index contributed by atoms with van der Waals surface area (Å²) in [5.74, 6) is -1.51. The number of fused-ring (bicyclic) bond motifs is 1. The van der Waals surface area contributed by atoms with Crippen molar-refractivity contribution in [2.24, 2.45) is 0 Å². The van der Waals surface area contributed by atoms with Gasteiger partial charge < -0.3 is 0 Å². The Kier molecular flexibility index (Phi) is 2.22. The SMILES string of the molecule is CC(=O)c1cccc2cnc(C(F)(F)F)n12. The molecule has 0 radical (unpaired) electrons. The Labute approximate surface area is 88.5 Å². The molecule has 0 aliphatic carbocycles. The fourth-order valence-corrected chi connectivity index (χ4v) is 1.52. The third-order valence-corrected chi connectivity index (χ3v) is 2.17. The zero-order valence-corrected chi connectivity index (χ0v) is 8.25. The number of aromatic nitrogens is 2. The van der Waals surface area contributed by atoms with Crippen LogP contribution in [0.25, 0.3) is 5.52 Å². The molecule has 0 unspecified atom stereocenters. The van der Waals surface area contributed by atoms with Gasteiger partial charge in [-0.05, 0) is 12.1 Å². The maximum Gasteiger partial charge on any atom is 0.450 e. The van der Waals surface area contributed by atoms with Gasteiger partial charge in [-0.15, -0.1) is 0 Å². The van der Waals surface area contributed by atoms with E-state index >= 15 is 0 Å². The Morgan fingerprint density at radius 3 is 2.62 bits per heavy atom. The summed E-state index contributed by atoms with van der Waals surface area (Å²) in [6, 6.07) is 4.33. The van der Waals surface area contributed by atoms with E-state index in [0.717, 1.165) is 10.6 Å². The molecule has 0 saturated heterocycles. The first-order chi connectivity index (χ1) is 7.41. The summed E-state index contributed by atoms with van der Waals surface area (Å²) >= 11 is 0. The maximum atomic E-state index is 12.6. The Hall–Kier alpha value is -1.85. The molecule has 0 spiro atoms. The highest BCUT2D eigenvalue weighted by molar-refractivity contribution is 5.93. The minimum Gasteiger partial charge on any atom is -0.293 e. The molecular formula is C10H7F3N2O. The average molecular weight is 228 g/mol. The molecule has 2 rings (SSSR count). The molecule has 0 fully saturated rings. The molecule has 0 aliphatic rings. The van der Waals surface area contributed by atoms with Crippen LogP contribution in [0.2, 0.25) is 0 Å². The van der Waals surface area contributed by atoms with Gasteiger partial charge in [-0.25, -0.2) is 4.98 Å². The molecule has 0 saturated carbocycles. The first-order valence-electron chi connectivity index (χ1n) is 4.46. The number of hydrogen-bond donors (Lipinski definition) is 0. The normalized spacial score (nSPS) is 12.0. The van der Waals surface area contributed by atoms with Crippen LogP contribution >= 0.6 is 0 Å². The fraction of sp³-hybridized carbons (Fsp3) is 0.200. The summed E-state index contributed by atoms with van der Waals surface area (Å²) in [5, 5.41) is 0. The van der Waals surface area contributed by atoms with Crippen molar-refractivity contribution in [1.29, 1.82) is 0 Å². The minimum atomic E-state index is -4.57. The first kappa shape index (κ1) is 10.7. The van der Waals surface area contributed by atoms with E-state index in [2.05, 4.69) is 4.98 Å². The standard InChI is InChI=1S/C10H7F3N2O/c1-6(16)8-4-2-3-7-5-14-9(15(7)8)10(11,12)13/h2-5H,1H3. The molecular weight excluding hydrogens is 221 g/mol. The number of carbonyl (C=O) groups excluding carboxylic acids is 1. The van der Waals surface area contributed by atoms with Gasteiger partial charge in [-0.2, -0.15) is 13.2 Å². The van der Waals surface area contributed by atoms with Crippen molar-refractivity contribution in [3.05, 3.63) is 35.9 Å². The van der Waals surface area contributed by atoms with E-state index in [4.69, 9.17) is 0 Å². The number of alkyl halides is 3. The average Bonchev–Trinajstić information content (AvgIpc) is 2.59. The van der Waals surface area contributed by atoms with Crippen molar-refractivity contribution < 1.29 is 18.0 Å². The van der Waals surface area contributed by atoms with Crippen LogP contribution in [0.4, 0.5) is 13.2 Å². The Morgan fingerprint density at radius 2 is 2.06 bits per heavy atom. The Balaban J connectivity index is 2.83. The molecule has 6 heteroatoms. The molecule has 0 aliphatic heterocycles. The highest BCUT2D eigenvalue weighted by Gasteiger charge is 2.36. The summed E-state index contributed by atoms with van der Waals surface area (Å²) in [4.78, 5) is 14.5. The molecule has 16 heavy (non-hydrogen) atoms. The summed E-state index contributed by atoms with van der Waals surface area (Å²) in [7, 11) is 0. The lowest BCUT2D eigenvalue weighted by molar-refractivity contribution is -0.145. The van der Waals surface area contributed by atoms with E-state index in [1.807, 2.05) is 0 Å². The fourth-order valence-electron chi connectivity index (χ4n) is 1.52. The molecule has 3 nitrogen and oxygen atoms in total. The van der Waals surface area contributed by atoms with Crippen LogP contribution in [-0.4, -0.2) is 15.2 Å². The molecule has 2 aromatic rings. The number of halogens is 3. The second kappa shape index (κ2) is 3.33. The van der Waals surface area contributed by atoms with Crippen LogP contribution < -0.4 is 0 Å². The van der Waals surface area contributed by atoms with Gasteiger partial charge in [-0.1, -0.05) is 6.07 Å². The topological polar surface area (TPSA) is 34.4 Å². The lowest BCUT2D eigenvalue weighted by Gasteiger charge is -2.08. The first-order valence-corrected chi connectivity index (χ1v) is 4.46.